The number of fused-ring (bicyclic) bond motifs is 1. The van der Waals surface area contributed by atoms with Gasteiger partial charge >= 0.3 is 0 Å². The van der Waals surface area contributed by atoms with Crippen molar-refractivity contribution >= 4 is 27.3 Å². The van der Waals surface area contributed by atoms with Crippen LogP contribution < -0.4 is 13.9 Å². The van der Waals surface area contributed by atoms with Crippen LogP contribution in [0.3, 0.4) is 0 Å². The minimum Gasteiger partial charge on any atom is -0.476 e. The molecule has 7 nitrogen and oxygen atoms in total. The maximum absolute atomic E-state index is 13.1. The molecule has 0 bridgehead atoms. The number of nitrogens with zero attached hydrogens (tertiary/aromatic N) is 3. The lowest BCUT2D eigenvalue weighted by Crippen LogP contribution is -2.56. The number of carbonyl (C=O) groups is 1. The predicted octanol–water partition coefficient (Wildman–Crippen LogP) is 1.95. The fraction of sp³-hybridized carbons (Fsp3) is 0.381. The van der Waals surface area contributed by atoms with Crippen LogP contribution in [0.2, 0.25) is 0 Å². The van der Waals surface area contributed by atoms with Crippen molar-refractivity contribution in [3.63, 3.8) is 0 Å². The van der Waals surface area contributed by atoms with Crippen molar-refractivity contribution in [2.75, 3.05) is 47.7 Å². The highest BCUT2D eigenvalue weighted by atomic mass is 32.2. The summed E-state index contributed by atoms with van der Waals surface area (Å²) >= 11 is 0. The van der Waals surface area contributed by atoms with E-state index in [2.05, 4.69) is 17.0 Å². The Morgan fingerprint density at radius 2 is 1.66 bits per heavy atom. The van der Waals surface area contributed by atoms with E-state index in [1.54, 1.807) is 36.1 Å². The molecule has 0 aromatic heterocycles. The Labute approximate surface area is 171 Å². The van der Waals surface area contributed by atoms with Crippen LogP contribution in [0.15, 0.2) is 54.6 Å². The number of carbonyl (C=O) groups excluding carboxylic acids is 1. The van der Waals surface area contributed by atoms with Gasteiger partial charge in [-0.3, -0.25) is 9.10 Å². The molecule has 2 aromatic carbocycles. The summed E-state index contributed by atoms with van der Waals surface area (Å²) in [6.45, 7) is 4.23. The second kappa shape index (κ2) is 7.94. The van der Waals surface area contributed by atoms with E-state index in [-0.39, 0.29) is 18.2 Å². The molecule has 1 atom stereocenters. The van der Waals surface area contributed by atoms with Crippen LogP contribution in [0, 0.1) is 0 Å². The van der Waals surface area contributed by atoms with Gasteiger partial charge in [-0.1, -0.05) is 30.3 Å². The molecule has 2 aliphatic rings. The van der Waals surface area contributed by atoms with Gasteiger partial charge in [-0.25, -0.2) is 8.42 Å². The summed E-state index contributed by atoms with van der Waals surface area (Å²) in [5.74, 6) is 0.235. The Kier molecular flexibility index (Phi) is 5.36. The highest BCUT2D eigenvalue weighted by Crippen LogP contribution is 2.35. The number of ether oxygens (including phenoxy) is 1. The van der Waals surface area contributed by atoms with Crippen LogP contribution in [0.1, 0.15) is 6.92 Å². The minimum atomic E-state index is -3.50. The molecule has 0 spiro atoms. The molecular weight excluding hydrogens is 390 g/mol. The van der Waals surface area contributed by atoms with Crippen molar-refractivity contribution in [2.45, 2.75) is 13.0 Å². The summed E-state index contributed by atoms with van der Waals surface area (Å²) in [5, 5.41) is 0. The smallest absolute Gasteiger partial charge is 0.265 e. The highest BCUT2D eigenvalue weighted by molar-refractivity contribution is 7.92. The third kappa shape index (κ3) is 3.89. The van der Waals surface area contributed by atoms with E-state index in [1.165, 1.54) is 4.31 Å². The fourth-order valence-corrected chi connectivity index (χ4v) is 4.90. The largest absolute Gasteiger partial charge is 0.476 e. The van der Waals surface area contributed by atoms with Gasteiger partial charge in [0.1, 0.15) is 5.75 Å². The molecule has 0 radical (unpaired) electrons. The van der Waals surface area contributed by atoms with E-state index in [0.29, 0.717) is 24.5 Å². The van der Waals surface area contributed by atoms with E-state index in [4.69, 9.17) is 4.74 Å². The summed E-state index contributed by atoms with van der Waals surface area (Å²) in [6, 6.07) is 17.1. The number of piperazine rings is 1. The van der Waals surface area contributed by atoms with Crippen molar-refractivity contribution in [3.8, 4) is 5.75 Å². The van der Waals surface area contributed by atoms with Gasteiger partial charge < -0.3 is 14.5 Å². The zero-order chi connectivity index (χ0) is 20.4. The van der Waals surface area contributed by atoms with Gasteiger partial charge in [-0.05, 0) is 31.2 Å². The molecule has 1 saturated heterocycles. The normalized spacial score (nSPS) is 19.5. The SMILES string of the molecule is CCS(=O)(=O)N1C[C@H](C(=O)N2CCN(c3ccccc3)CC2)Oc2ccccc21. The maximum Gasteiger partial charge on any atom is 0.265 e. The van der Waals surface area contributed by atoms with Crippen molar-refractivity contribution in [1.29, 1.82) is 0 Å². The maximum atomic E-state index is 13.1. The van der Waals surface area contributed by atoms with Crippen molar-refractivity contribution in [1.82, 2.24) is 4.90 Å². The zero-order valence-electron chi connectivity index (χ0n) is 16.4. The van der Waals surface area contributed by atoms with E-state index < -0.39 is 16.1 Å². The fourth-order valence-electron chi connectivity index (χ4n) is 3.78. The van der Waals surface area contributed by atoms with Crippen LogP contribution >= 0.6 is 0 Å². The first-order chi connectivity index (χ1) is 14.0. The molecule has 1 fully saturated rings. The lowest BCUT2D eigenvalue weighted by molar-refractivity contribution is -0.138. The Morgan fingerprint density at radius 3 is 2.34 bits per heavy atom. The second-order valence-electron chi connectivity index (χ2n) is 7.15. The van der Waals surface area contributed by atoms with Gasteiger partial charge in [0.05, 0.1) is 18.0 Å². The summed E-state index contributed by atoms with van der Waals surface area (Å²) in [6.07, 6.45) is -0.838. The van der Waals surface area contributed by atoms with Gasteiger partial charge in [0.15, 0.2) is 6.10 Å². The van der Waals surface area contributed by atoms with Gasteiger partial charge in [0, 0.05) is 31.9 Å². The molecule has 4 rings (SSSR count). The van der Waals surface area contributed by atoms with Crippen LogP contribution in [0.5, 0.6) is 5.75 Å². The number of para-hydroxylation sites is 3. The third-order valence-corrected chi connectivity index (χ3v) is 7.17. The van der Waals surface area contributed by atoms with Gasteiger partial charge in [-0.15, -0.1) is 0 Å². The average molecular weight is 416 g/mol. The van der Waals surface area contributed by atoms with Crippen molar-refractivity contribution in [3.05, 3.63) is 54.6 Å². The van der Waals surface area contributed by atoms with E-state index in [9.17, 15) is 13.2 Å². The molecule has 0 aliphatic carbocycles. The summed E-state index contributed by atoms with van der Waals surface area (Å²) < 4.78 is 32.4. The number of sulfonamides is 1. The van der Waals surface area contributed by atoms with Gasteiger partial charge in [-0.2, -0.15) is 0 Å². The van der Waals surface area contributed by atoms with Crippen molar-refractivity contribution < 1.29 is 17.9 Å². The first-order valence-corrected chi connectivity index (χ1v) is 11.5. The van der Waals surface area contributed by atoms with Crippen LogP contribution in [-0.4, -0.2) is 63.8 Å². The minimum absolute atomic E-state index is 0.00488. The molecule has 1 amide bonds. The quantitative estimate of drug-likeness (QED) is 0.764. The summed E-state index contributed by atoms with van der Waals surface area (Å²) in [5.41, 5.74) is 1.63. The Hall–Kier alpha value is -2.74. The van der Waals surface area contributed by atoms with Gasteiger partial charge in [0.2, 0.25) is 10.0 Å². The molecule has 2 aromatic rings. The van der Waals surface area contributed by atoms with Gasteiger partial charge in [0.25, 0.3) is 5.91 Å². The first-order valence-electron chi connectivity index (χ1n) is 9.84. The molecule has 0 saturated carbocycles. The molecule has 0 unspecified atom stereocenters. The molecule has 29 heavy (non-hydrogen) atoms. The van der Waals surface area contributed by atoms with Crippen LogP contribution in [0.25, 0.3) is 0 Å². The average Bonchev–Trinajstić information content (AvgIpc) is 2.78. The second-order valence-corrected chi connectivity index (χ2v) is 9.34. The van der Waals surface area contributed by atoms with Crippen LogP contribution in [0.4, 0.5) is 11.4 Å². The molecule has 154 valence electrons. The lowest BCUT2D eigenvalue weighted by Gasteiger charge is -2.40. The number of hydrogen-bond donors (Lipinski definition) is 0. The molecule has 0 N–H and O–H groups in total. The standard InChI is InChI=1S/C21H25N3O4S/c1-2-29(26,27)24-16-20(28-19-11-7-6-10-18(19)24)21(25)23-14-12-22(13-15-23)17-8-4-3-5-9-17/h3-11,20H,2,12-16H2,1H3/t20-/m1/s1. The number of hydrogen-bond acceptors (Lipinski definition) is 5. The van der Waals surface area contributed by atoms with Crippen LogP contribution in [-0.2, 0) is 14.8 Å². The summed E-state index contributed by atoms with van der Waals surface area (Å²) in [7, 11) is -3.50. The topological polar surface area (TPSA) is 70.2 Å². The van der Waals surface area contributed by atoms with E-state index >= 15 is 0 Å². The van der Waals surface area contributed by atoms with E-state index in [0.717, 1.165) is 18.8 Å². The Bertz CT molecular complexity index is 972. The van der Waals surface area contributed by atoms with Crippen molar-refractivity contribution in [2.24, 2.45) is 0 Å². The third-order valence-electron chi connectivity index (χ3n) is 5.42. The zero-order valence-corrected chi connectivity index (χ0v) is 17.2. The number of anilines is 2. The summed E-state index contributed by atoms with van der Waals surface area (Å²) in [4.78, 5) is 17.1. The Balaban J connectivity index is 1.48. The monoisotopic (exact) mass is 415 g/mol. The lowest BCUT2D eigenvalue weighted by atomic mass is 10.2. The number of rotatable bonds is 4. The molecule has 2 aliphatic heterocycles. The first kappa shape index (κ1) is 19.6. The number of benzene rings is 2. The predicted molar refractivity (Wildman–Crippen MR) is 113 cm³/mol. The highest BCUT2D eigenvalue weighted by Gasteiger charge is 2.38. The van der Waals surface area contributed by atoms with E-state index in [1.807, 2.05) is 18.2 Å². The Morgan fingerprint density at radius 1 is 1.00 bits per heavy atom. The number of amides is 1. The molecule has 2 heterocycles. The molecule has 8 heteroatoms. The molecular formula is C21H25N3O4S.